The second-order valence-electron chi connectivity index (χ2n) is 6.21. The molecule has 2 amide bonds. The minimum Gasteiger partial charge on any atom is -0.478 e. The van der Waals surface area contributed by atoms with Gasteiger partial charge in [0, 0.05) is 18.7 Å². The number of benzene rings is 2. The number of thioether (sulfide) groups is 1. The molecule has 29 heavy (non-hydrogen) atoms. The molecule has 0 unspecified atom stereocenters. The van der Waals surface area contributed by atoms with E-state index in [1.54, 1.807) is 30.3 Å². The highest BCUT2D eigenvalue weighted by molar-refractivity contribution is 8.15. The van der Waals surface area contributed by atoms with Gasteiger partial charge in [0.25, 0.3) is 0 Å². The van der Waals surface area contributed by atoms with Crippen LogP contribution in [0.4, 0.5) is 11.4 Å². The van der Waals surface area contributed by atoms with Crippen LogP contribution < -0.4 is 5.32 Å². The minimum atomic E-state index is -1.02. The first-order chi connectivity index (χ1) is 14.0. The van der Waals surface area contributed by atoms with Crippen LogP contribution in [0.15, 0.2) is 72.2 Å². The Hall–Kier alpha value is -3.39. The van der Waals surface area contributed by atoms with Gasteiger partial charge >= 0.3 is 5.97 Å². The third kappa shape index (κ3) is 5.11. The molecular formula is C21H19N3O4S. The number of carboxylic acids is 1. The van der Waals surface area contributed by atoms with Gasteiger partial charge in [0.15, 0.2) is 5.17 Å². The quantitative estimate of drug-likeness (QED) is 0.682. The summed E-state index contributed by atoms with van der Waals surface area (Å²) < 4.78 is 0. The molecule has 0 saturated carbocycles. The van der Waals surface area contributed by atoms with Crippen molar-refractivity contribution in [3.8, 4) is 0 Å². The first kappa shape index (κ1) is 20.3. The highest BCUT2D eigenvalue weighted by Gasteiger charge is 2.38. The van der Waals surface area contributed by atoms with E-state index in [2.05, 4.69) is 16.9 Å². The van der Waals surface area contributed by atoms with E-state index in [0.29, 0.717) is 16.5 Å². The number of rotatable bonds is 7. The Bertz CT molecular complexity index is 958. The summed E-state index contributed by atoms with van der Waals surface area (Å²) in [5, 5.41) is 11.6. The van der Waals surface area contributed by atoms with Gasteiger partial charge in [0.1, 0.15) is 5.25 Å². The number of hydrogen-bond acceptors (Lipinski definition) is 5. The zero-order valence-electron chi connectivity index (χ0n) is 15.4. The van der Waals surface area contributed by atoms with E-state index in [1.165, 1.54) is 28.8 Å². The van der Waals surface area contributed by atoms with Crippen molar-refractivity contribution in [2.45, 2.75) is 11.7 Å². The van der Waals surface area contributed by atoms with E-state index in [0.717, 1.165) is 0 Å². The molecule has 0 aliphatic carbocycles. The number of aliphatic imine (C=N–C) groups is 1. The molecule has 0 spiro atoms. The number of anilines is 1. The van der Waals surface area contributed by atoms with Crippen LogP contribution in [0.5, 0.6) is 0 Å². The molecule has 1 fully saturated rings. The number of carboxylic acid groups (broad SMARTS) is 1. The molecule has 0 bridgehead atoms. The lowest BCUT2D eigenvalue weighted by Gasteiger charge is -2.13. The van der Waals surface area contributed by atoms with Crippen molar-refractivity contribution in [2.24, 2.45) is 4.99 Å². The fourth-order valence-corrected chi connectivity index (χ4v) is 3.88. The van der Waals surface area contributed by atoms with Gasteiger partial charge in [-0.1, -0.05) is 36.0 Å². The number of hydrogen-bond donors (Lipinski definition) is 2. The van der Waals surface area contributed by atoms with Crippen LogP contribution in [0.2, 0.25) is 0 Å². The van der Waals surface area contributed by atoms with Crippen molar-refractivity contribution in [3.05, 3.63) is 72.8 Å². The van der Waals surface area contributed by atoms with Crippen LogP contribution in [-0.2, 0) is 9.59 Å². The van der Waals surface area contributed by atoms with Crippen molar-refractivity contribution >= 4 is 46.1 Å². The molecule has 1 aliphatic heterocycles. The zero-order valence-corrected chi connectivity index (χ0v) is 16.3. The average molecular weight is 409 g/mol. The van der Waals surface area contributed by atoms with Crippen LogP contribution in [0.25, 0.3) is 0 Å². The van der Waals surface area contributed by atoms with Crippen molar-refractivity contribution in [3.63, 3.8) is 0 Å². The van der Waals surface area contributed by atoms with E-state index in [9.17, 15) is 14.4 Å². The van der Waals surface area contributed by atoms with E-state index >= 15 is 0 Å². The van der Waals surface area contributed by atoms with Gasteiger partial charge in [-0.25, -0.2) is 9.79 Å². The molecular weight excluding hydrogens is 390 g/mol. The number of amides is 2. The van der Waals surface area contributed by atoms with Crippen molar-refractivity contribution in [1.82, 2.24) is 4.90 Å². The SMILES string of the molecule is C=CCN1C(=O)[C@H](CC(=O)Nc2ccccc2)SC1=Nc1ccc(C(=O)O)cc1. The Balaban J connectivity index is 1.74. The summed E-state index contributed by atoms with van der Waals surface area (Å²) in [6.07, 6.45) is 1.61. The van der Waals surface area contributed by atoms with E-state index in [1.807, 2.05) is 18.2 Å². The van der Waals surface area contributed by atoms with E-state index in [4.69, 9.17) is 5.11 Å². The molecule has 1 aliphatic rings. The largest absolute Gasteiger partial charge is 0.478 e. The highest BCUT2D eigenvalue weighted by Crippen LogP contribution is 2.32. The van der Waals surface area contributed by atoms with Gasteiger partial charge in [0.05, 0.1) is 11.3 Å². The molecule has 7 nitrogen and oxygen atoms in total. The lowest BCUT2D eigenvalue weighted by molar-refractivity contribution is -0.127. The van der Waals surface area contributed by atoms with Crippen LogP contribution >= 0.6 is 11.8 Å². The van der Waals surface area contributed by atoms with Crippen LogP contribution in [0.1, 0.15) is 16.8 Å². The van der Waals surface area contributed by atoms with Crippen LogP contribution in [-0.4, -0.2) is 44.8 Å². The zero-order chi connectivity index (χ0) is 20.8. The fraction of sp³-hybridized carbons (Fsp3) is 0.143. The van der Waals surface area contributed by atoms with Crippen molar-refractivity contribution in [1.29, 1.82) is 0 Å². The Labute approximate surface area is 172 Å². The maximum Gasteiger partial charge on any atom is 0.335 e. The van der Waals surface area contributed by atoms with E-state index < -0.39 is 11.2 Å². The second-order valence-corrected chi connectivity index (χ2v) is 7.38. The Kier molecular flexibility index (Phi) is 6.46. The molecule has 2 N–H and O–H groups in total. The number of aromatic carboxylic acids is 1. The molecule has 8 heteroatoms. The van der Waals surface area contributed by atoms with Gasteiger partial charge in [0.2, 0.25) is 11.8 Å². The summed E-state index contributed by atoms with van der Waals surface area (Å²) in [4.78, 5) is 42.0. The minimum absolute atomic E-state index is 0.0169. The first-order valence-electron chi connectivity index (χ1n) is 8.84. The van der Waals surface area contributed by atoms with Gasteiger partial charge in [-0.2, -0.15) is 0 Å². The summed E-state index contributed by atoms with van der Waals surface area (Å²) in [6, 6.07) is 15.1. The molecule has 0 aromatic heterocycles. The summed E-state index contributed by atoms with van der Waals surface area (Å²) in [5.41, 5.74) is 1.35. The van der Waals surface area contributed by atoms with E-state index in [-0.39, 0.29) is 30.3 Å². The Morgan fingerprint density at radius 2 is 1.86 bits per heavy atom. The van der Waals surface area contributed by atoms with Crippen LogP contribution in [0, 0.1) is 0 Å². The van der Waals surface area contributed by atoms with Crippen molar-refractivity contribution < 1.29 is 19.5 Å². The topological polar surface area (TPSA) is 99.1 Å². The first-order valence-corrected chi connectivity index (χ1v) is 9.72. The molecule has 1 atom stereocenters. The summed E-state index contributed by atoms with van der Waals surface area (Å²) in [5.74, 6) is -1.49. The average Bonchev–Trinajstić information content (AvgIpc) is 2.98. The number of para-hydroxylation sites is 1. The third-order valence-electron chi connectivity index (χ3n) is 4.10. The molecule has 3 rings (SSSR count). The highest BCUT2D eigenvalue weighted by atomic mass is 32.2. The molecule has 1 heterocycles. The number of carbonyl (C=O) groups is 3. The van der Waals surface area contributed by atoms with Crippen LogP contribution in [0.3, 0.4) is 0 Å². The lowest BCUT2D eigenvalue weighted by atomic mass is 10.2. The number of amidine groups is 1. The standard InChI is InChI=1S/C21H19N3O4S/c1-2-12-24-19(26)17(13-18(25)22-15-6-4-3-5-7-15)29-21(24)23-16-10-8-14(9-11-16)20(27)28/h2-11,17H,1,12-13H2,(H,22,25)(H,27,28)/t17-/m0/s1. The summed E-state index contributed by atoms with van der Waals surface area (Å²) in [6.45, 7) is 3.94. The Morgan fingerprint density at radius 3 is 2.48 bits per heavy atom. The monoisotopic (exact) mass is 409 g/mol. The predicted octanol–water partition coefficient (Wildman–Crippen LogP) is 3.53. The molecule has 0 radical (unpaired) electrons. The Morgan fingerprint density at radius 1 is 1.17 bits per heavy atom. The second kappa shape index (κ2) is 9.20. The maximum atomic E-state index is 12.7. The lowest BCUT2D eigenvalue weighted by Crippen LogP contribution is -2.33. The molecule has 1 saturated heterocycles. The maximum absolute atomic E-state index is 12.7. The smallest absolute Gasteiger partial charge is 0.335 e. The summed E-state index contributed by atoms with van der Waals surface area (Å²) >= 11 is 1.21. The number of nitrogens with zero attached hydrogens (tertiary/aromatic N) is 2. The third-order valence-corrected chi connectivity index (χ3v) is 5.27. The van der Waals surface area contributed by atoms with Gasteiger partial charge in [-0.05, 0) is 36.4 Å². The van der Waals surface area contributed by atoms with Gasteiger partial charge < -0.3 is 10.4 Å². The molecule has 2 aromatic rings. The summed E-state index contributed by atoms with van der Waals surface area (Å²) in [7, 11) is 0. The van der Waals surface area contributed by atoms with Gasteiger partial charge in [-0.15, -0.1) is 6.58 Å². The normalized spacial score (nSPS) is 17.4. The number of nitrogens with one attached hydrogen (secondary N) is 1. The number of carbonyl (C=O) groups excluding carboxylic acids is 2. The molecule has 148 valence electrons. The fourth-order valence-electron chi connectivity index (χ4n) is 2.71. The van der Waals surface area contributed by atoms with Gasteiger partial charge in [-0.3, -0.25) is 14.5 Å². The molecule has 2 aromatic carbocycles. The predicted molar refractivity (Wildman–Crippen MR) is 113 cm³/mol. The van der Waals surface area contributed by atoms with Crippen molar-refractivity contribution in [2.75, 3.05) is 11.9 Å².